The van der Waals surface area contributed by atoms with E-state index in [0.717, 1.165) is 51.6 Å². The molecule has 1 heterocycles. The van der Waals surface area contributed by atoms with Gasteiger partial charge in [0.1, 0.15) is 5.75 Å². The van der Waals surface area contributed by atoms with E-state index < -0.39 is 0 Å². The Balaban J connectivity index is 1.75. The number of piperazine rings is 1. The fourth-order valence-corrected chi connectivity index (χ4v) is 2.38. The number of hydrogen-bond acceptors (Lipinski definition) is 4. The summed E-state index contributed by atoms with van der Waals surface area (Å²) in [6.07, 6.45) is 0. The van der Waals surface area contributed by atoms with Gasteiger partial charge in [0.15, 0.2) is 0 Å². The van der Waals surface area contributed by atoms with Crippen molar-refractivity contribution < 1.29 is 9.47 Å². The molecular formula is C15H24N2O2. The molecule has 1 saturated heterocycles. The monoisotopic (exact) mass is 264 g/mol. The minimum absolute atomic E-state index is 0.832. The van der Waals surface area contributed by atoms with Crippen LogP contribution >= 0.6 is 0 Å². The van der Waals surface area contributed by atoms with Crippen LogP contribution in [0.1, 0.15) is 5.56 Å². The van der Waals surface area contributed by atoms with Gasteiger partial charge in [0, 0.05) is 46.4 Å². The Morgan fingerprint density at radius 3 is 2.16 bits per heavy atom. The van der Waals surface area contributed by atoms with Crippen molar-refractivity contribution in [2.45, 2.75) is 6.54 Å². The predicted octanol–water partition coefficient (Wildman–Crippen LogP) is 1.46. The van der Waals surface area contributed by atoms with Crippen LogP contribution in [0.3, 0.4) is 0 Å². The standard InChI is InChI=1S/C15H24N2O2/c1-18-12-11-16-7-9-17(10-8-16)13-14-3-5-15(19-2)6-4-14/h3-6H,7-13H2,1-2H3. The number of ether oxygens (including phenoxy) is 2. The Bertz CT molecular complexity index is 359. The van der Waals surface area contributed by atoms with Crippen molar-refractivity contribution in [3.8, 4) is 5.75 Å². The van der Waals surface area contributed by atoms with Gasteiger partial charge in [-0.3, -0.25) is 9.80 Å². The van der Waals surface area contributed by atoms with E-state index in [4.69, 9.17) is 9.47 Å². The highest BCUT2D eigenvalue weighted by atomic mass is 16.5. The number of hydrogen-bond donors (Lipinski definition) is 0. The second kappa shape index (κ2) is 7.48. The summed E-state index contributed by atoms with van der Waals surface area (Å²) in [6, 6.07) is 8.36. The molecule has 19 heavy (non-hydrogen) atoms. The Morgan fingerprint density at radius 1 is 0.947 bits per heavy atom. The molecule has 0 radical (unpaired) electrons. The lowest BCUT2D eigenvalue weighted by atomic mass is 10.2. The van der Waals surface area contributed by atoms with E-state index in [-0.39, 0.29) is 0 Å². The molecule has 1 aliphatic heterocycles. The van der Waals surface area contributed by atoms with Gasteiger partial charge in [-0.2, -0.15) is 0 Å². The van der Waals surface area contributed by atoms with Gasteiger partial charge in [-0.1, -0.05) is 12.1 Å². The SMILES string of the molecule is COCCN1CCN(Cc2ccc(OC)cc2)CC1. The van der Waals surface area contributed by atoms with Gasteiger partial charge in [-0.05, 0) is 17.7 Å². The van der Waals surface area contributed by atoms with Crippen LogP contribution < -0.4 is 4.74 Å². The Hall–Kier alpha value is -1.10. The molecule has 1 aromatic carbocycles. The minimum Gasteiger partial charge on any atom is -0.497 e. The zero-order valence-corrected chi connectivity index (χ0v) is 12.0. The summed E-state index contributed by atoms with van der Waals surface area (Å²) in [5.41, 5.74) is 1.35. The van der Waals surface area contributed by atoms with Crippen LogP contribution in [-0.2, 0) is 11.3 Å². The molecular weight excluding hydrogens is 240 g/mol. The van der Waals surface area contributed by atoms with E-state index in [1.54, 1.807) is 14.2 Å². The van der Waals surface area contributed by atoms with Crippen LogP contribution in [0.2, 0.25) is 0 Å². The maximum absolute atomic E-state index is 5.18. The fourth-order valence-electron chi connectivity index (χ4n) is 2.38. The number of methoxy groups -OCH3 is 2. The summed E-state index contributed by atoms with van der Waals surface area (Å²) in [4.78, 5) is 4.97. The van der Waals surface area contributed by atoms with Crippen LogP contribution in [0, 0.1) is 0 Å². The van der Waals surface area contributed by atoms with E-state index >= 15 is 0 Å². The quantitative estimate of drug-likeness (QED) is 0.776. The highest BCUT2D eigenvalue weighted by Crippen LogP contribution is 2.14. The first-order valence-corrected chi connectivity index (χ1v) is 6.88. The van der Waals surface area contributed by atoms with E-state index in [9.17, 15) is 0 Å². The molecule has 0 saturated carbocycles. The van der Waals surface area contributed by atoms with Gasteiger partial charge in [0.2, 0.25) is 0 Å². The number of benzene rings is 1. The average Bonchev–Trinajstić information content (AvgIpc) is 2.47. The van der Waals surface area contributed by atoms with Crippen molar-refractivity contribution in [1.82, 2.24) is 9.80 Å². The zero-order valence-electron chi connectivity index (χ0n) is 12.0. The average molecular weight is 264 g/mol. The summed E-state index contributed by atoms with van der Waals surface area (Å²) in [5, 5.41) is 0. The molecule has 0 atom stereocenters. The van der Waals surface area contributed by atoms with Crippen LogP contribution in [-0.4, -0.2) is 63.4 Å². The predicted molar refractivity (Wildman–Crippen MR) is 76.6 cm³/mol. The molecule has 1 aliphatic rings. The first kappa shape index (κ1) is 14.3. The van der Waals surface area contributed by atoms with Crippen LogP contribution in [0.4, 0.5) is 0 Å². The lowest BCUT2D eigenvalue weighted by Gasteiger charge is -2.34. The summed E-state index contributed by atoms with van der Waals surface area (Å²) in [5.74, 6) is 0.924. The highest BCUT2D eigenvalue weighted by molar-refractivity contribution is 5.27. The second-order valence-electron chi connectivity index (χ2n) is 4.96. The summed E-state index contributed by atoms with van der Waals surface area (Å²) >= 11 is 0. The Labute approximate surface area is 115 Å². The third-order valence-corrected chi connectivity index (χ3v) is 3.64. The molecule has 0 spiro atoms. The van der Waals surface area contributed by atoms with Crippen molar-refractivity contribution in [2.24, 2.45) is 0 Å². The molecule has 4 nitrogen and oxygen atoms in total. The van der Waals surface area contributed by atoms with Crippen LogP contribution in [0.5, 0.6) is 5.75 Å². The third-order valence-electron chi connectivity index (χ3n) is 3.64. The summed E-state index contributed by atoms with van der Waals surface area (Å²) in [7, 11) is 3.47. The number of rotatable bonds is 6. The first-order chi connectivity index (χ1) is 9.31. The summed E-state index contributed by atoms with van der Waals surface area (Å²) < 4.78 is 10.3. The van der Waals surface area contributed by atoms with Gasteiger partial charge >= 0.3 is 0 Å². The Morgan fingerprint density at radius 2 is 1.58 bits per heavy atom. The summed E-state index contributed by atoms with van der Waals surface area (Å²) in [6.45, 7) is 7.46. The van der Waals surface area contributed by atoms with E-state index in [1.165, 1.54) is 5.56 Å². The highest BCUT2D eigenvalue weighted by Gasteiger charge is 2.16. The molecule has 0 unspecified atom stereocenters. The molecule has 4 heteroatoms. The van der Waals surface area contributed by atoms with Crippen molar-refractivity contribution in [1.29, 1.82) is 0 Å². The fraction of sp³-hybridized carbons (Fsp3) is 0.600. The maximum Gasteiger partial charge on any atom is 0.118 e. The van der Waals surface area contributed by atoms with Crippen molar-refractivity contribution in [3.05, 3.63) is 29.8 Å². The zero-order chi connectivity index (χ0) is 13.5. The maximum atomic E-state index is 5.18. The molecule has 1 fully saturated rings. The van der Waals surface area contributed by atoms with E-state index in [1.807, 2.05) is 12.1 Å². The molecule has 0 N–H and O–H groups in total. The first-order valence-electron chi connectivity index (χ1n) is 6.88. The second-order valence-corrected chi connectivity index (χ2v) is 4.96. The van der Waals surface area contributed by atoms with Gasteiger partial charge < -0.3 is 9.47 Å². The van der Waals surface area contributed by atoms with Crippen LogP contribution in [0.25, 0.3) is 0 Å². The molecule has 0 aromatic heterocycles. The van der Waals surface area contributed by atoms with E-state index in [2.05, 4.69) is 21.9 Å². The van der Waals surface area contributed by atoms with Crippen molar-refractivity contribution in [2.75, 3.05) is 53.6 Å². The third kappa shape index (κ3) is 4.49. The van der Waals surface area contributed by atoms with Gasteiger partial charge in [-0.15, -0.1) is 0 Å². The topological polar surface area (TPSA) is 24.9 Å². The molecule has 1 aromatic rings. The minimum atomic E-state index is 0.832. The molecule has 106 valence electrons. The van der Waals surface area contributed by atoms with Crippen molar-refractivity contribution >= 4 is 0 Å². The lowest BCUT2D eigenvalue weighted by Crippen LogP contribution is -2.46. The molecule has 2 rings (SSSR count). The van der Waals surface area contributed by atoms with Gasteiger partial charge in [0.05, 0.1) is 13.7 Å². The van der Waals surface area contributed by atoms with Gasteiger partial charge in [0.25, 0.3) is 0 Å². The van der Waals surface area contributed by atoms with E-state index in [0.29, 0.717) is 0 Å². The number of nitrogens with zero attached hydrogens (tertiary/aromatic N) is 2. The Kier molecular flexibility index (Phi) is 5.63. The lowest BCUT2D eigenvalue weighted by molar-refractivity contribution is 0.0938. The molecule has 0 bridgehead atoms. The smallest absolute Gasteiger partial charge is 0.118 e. The largest absolute Gasteiger partial charge is 0.497 e. The molecule has 0 amide bonds. The normalized spacial score (nSPS) is 17.6. The molecule has 0 aliphatic carbocycles. The van der Waals surface area contributed by atoms with Crippen LogP contribution in [0.15, 0.2) is 24.3 Å². The van der Waals surface area contributed by atoms with Crippen molar-refractivity contribution in [3.63, 3.8) is 0 Å². The van der Waals surface area contributed by atoms with Gasteiger partial charge in [-0.25, -0.2) is 0 Å².